The Balaban J connectivity index is 2.74. The molecule has 0 aromatic rings. The lowest BCUT2D eigenvalue weighted by atomic mass is 10.00. The third-order valence-corrected chi connectivity index (χ3v) is 4.04. The van der Waals surface area contributed by atoms with Gasteiger partial charge in [-0.1, -0.05) is 0 Å². The Morgan fingerprint density at radius 2 is 1.65 bits per heavy atom. The van der Waals surface area contributed by atoms with Gasteiger partial charge in [-0.3, -0.25) is 14.1 Å². The van der Waals surface area contributed by atoms with Crippen molar-refractivity contribution in [3.8, 4) is 0 Å². The van der Waals surface area contributed by atoms with E-state index in [1.807, 2.05) is 0 Å². The van der Waals surface area contributed by atoms with Gasteiger partial charge in [0, 0.05) is 13.8 Å². The Kier molecular flexibility index (Phi) is 8.33. The minimum Gasteiger partial charge on any atom is -0.462 e. The maximum absolute atomic E-state index is 11.1. The highest BCUT2D eigenvalue weighted by Crippen LogP contribution is 2.23. The van der Waals surface area contributed by atoms with Gasteiger partial charge in [0.1, 0.15) is 36.8 Å². The number of carbonyl (C=O) groups excluding carboxylic acids is 2. The van der Waals surface area contributed by atoms with Gasteiger partial charge in [-0.25, -0.2) is 0 Å². The fourth-order valence-corrected chi connectivity index (χ4v) is 2.85. The molecule has 6 atom stereocenters. The number of hydrogen-bond donors (Lipinski definition) is 4. The van der Waals surface area contributed by atoms with Crippen molar-refractivity contribution in [3.63, 3.8) is 0 Å². The molecular formula is C13H22O12S. The highest BCUT2D eigenvalue weighted by molar-refractivity contribution is 7.85. The molecule has 0 saturated carbocycles. The number of hydrogen-bond acceptors (Lipinski definition) is 11. The van der Waals surface area contributed by atoms with Gasteiger partial charge >= 0.3 is 11.9 Å². The first-order chi connectivity index (χ1) is 11.9. The minimum absolute atomic E-state index is 0.350. The van der Waals surface area contributed by atoms with Gasteiger partial charge in [0.2, 0.25) is 0 Å². The predicted octanol–water partition coefficient (Wildman–Crippen LogP) is -2.81. The molecule has 26 heavy (non-hydrogen) atoms. The van der Waals surface area contributed by atoms with Crippen molar-refractivity contribution in [3.05, 3.63) is 0 Å². The smallest absolute Gasteiger partial charge is 0.303 e. The van der Waals surface area contributed by atoms with Crippen LogP contribution < -0.4 is 0 Å². The topological polar surface area (TPSA) is 186 Å². The molecule has 1 aliphatic rings. The van der Waals surface area contributed by atoms with E-state index in [0.29, 0.717) is 0 Å². The first kappa shape index (κ1) is 22.7. The fraction of sp³-hybridized carbons (Fsp3) is 0.846. The van der Waals surface area contributed by atoms with E-state index in [9.17, 15) is 33.3 Å². The molecule has 1 rings (SSSR count). The van der Waals surface area contributed by atoms with Crippen LogP contribution in [0.1, 0.15) is 13.8 Å². The van der Waals surface area contributed by atoms with E-state index in [1.54, 1.807) is 0 Å². The Labute approximate surface area is 149 Å². The third kappa shape index (κ3) is 7.49. The Hall–Kier alpha value is -1.35. The summed E-state index contributed by atoms with van der Waals surface area (Å²) in [5.41, 5.74) is 0. The van der Waals surface area contributed by atoms with Crippen molar-refractivity contribution in [2.45, 2.75) is 50.7 Å². The van der Waals surface area contributed by atoms with Crippen LogP contribution in [0.5, 0.6) is 0 Å². The molecule has 0 aromatic heterocycles. The third-order valence-electron chi connectivity index (χ3n) is 3.29. The van der Waals surface area contributed by atoms with Gasteiger partial charge in [0.15, 0.2) is 12.4 Å². The van der Waals surface area contributed by atoms with E-state index in [-0.39, 0.29) is 6.61 Å². The zero-order chi connectivity index (χ0) is 20.1. The van der Waals surface area contributed by atoms with E-state index in [2.05, 4.69) is 0 Å². The van der Waals surface area contributed by atoms with Gasteiger partial charge in [-0.15, -0.1) is 0 Å². The first-order valence-corrected chi connectivity index (χ1v) is 9.08. The number of esters is 2. The Morgan fingerprint density at radius 1 is 1.04 bits per heavy atom. The molecule has 0 aromatic carbocycles. The second kappa shape index (κ2) is 9.55. The van der Waals surface area contributed by atoms with Crippen LogP contribution in [0, 0.1) is 0 Å². The molecule has 6 unspecified atom stereocenters. The normalized spacial score (nSPS) is 30.5. The van der Waals surface area contributed by atoms with E-state index in [1.165, 1.54) is 0 Å². The van der Waals surface area contributed by atoms with Crippen molar-refractivity contribution in [1.82, 2.24) is 0 Å². The highest BCUT2D eigenvalue weighted by Gasteiger charge is 2.45. The molecule has 0 aliphatic carbocycles. The van der Waals surface area contributed by atoms with Crippen LogP contribution in [0.15, 0.2) is 0 Å². The van der Waals surface area contributed by atoms with Crippen molar-refractivity contribution < 1.29 is 56.8 Å². The largest absolute Gasteiger partial charge is 0.462 e. The number of rotatable bonds is 8. The molecule has 1 fully saturated rings. The molecule has 1 heterocycles. The fourth-order valence-electron chi connectivity index (χ4n) is 2.16. The van der Waals surface area contributed by atoms with Crippen molar-refractivity contribution in [1.29, 1.82) is 0 Å². The highest BCUT2D eigenvalue weighted by atomic mass is 32.2. The summed E-state index contributed by atoms with van der Waals surface area (Å²) in [6.45, 7) is 1.46. The molecule has 4 N–H and O–H groups in total. The molecule has 0 amide bonds. The molecular weight excluding hydrogens is 380 g/mol. The molecule has 0 spiro atoms. The number of ether oxygens (including phenoxy) is 4. The summed E-state index contributed by atoms with van der Waals surface area (Å²) in [6.07, 6.45) is -9.60. The van der Waals surface area contributed by atoms with Crippen LogP contribution in [-0.2, 0) is 38.7 Å². The lowest BCUT2D eigenvalue weighted by Crippen LogP contribution is -2.60. The van der Waals surface area contributed by atoms with Gasteiger partial charge < -0.3 is 34.3 Å². The maximum atomic E-state index is 11.1. The lowest BCUT2D eigenvalue weighted by molar-refractivity contribution is -0.297. The summed E-state index contributed by atoms with van der Waals surface area (Å²) >= 11 is 0. The second-order valence-corrected chi connectivity index (χ2v) is 7.13. The van der Waals surface area contributed by atoms with Crippen LogP contribution >= 0.6 is 0 Å². The predicted molar refractivity (Wildman–Crippen MR) is 81.2 cm³/mol. The molecule has 13 heteroatoms. The van der Waals surface area contributed by atoms with Crippen LogP contribution in [-0.4, -0.2) is 96.0 Å². The van der Waals surface area contributed by atoms with E-state index < -0.39 is 71.2 Å². The lowest BCUT2D eigenvalue weighted by Gasteiger charge is -2.40. The minimum atomic E-state index is -4.55. The standard InChI is InChI=1S/C13H22O12S/c1-6(14)22-3-8(24-7(2)15)4-23-13-12(18)11(17)10(16)9(25-13)5-26(19,20)21/h8-13,16-18H,3-5H2,1-2H3,(H,19,20,21). The molecule has 152 valence electrons. The van der Waals surface area contributed by atoms with Crippen molar-refractivity contribution >= 4 is 22.1 Å². The van der Waals surface area contributed by atoms with Crippen LogP contribution in [0.4, 0.5) is 0 Å². The number of aliphatic hydroxyl groups is 3. The second-order valence-electron chi connectivity index (χ2n) is 5.63. The summed E-state index contributed by atoms with van der Waals surface area (Å²) in [5.74, 6) is -2.38. The van der Waals surface area contributed by atoms with Gasteiger partial charge in [-0.05, 0) is 0 Å². The first-order valence-electron chi connectivity index (χ1n) is 7.47. The molecule has 0 radical (unpaired) electrons. The molecule has 0 bridgehead atoms. The van der Waals surface area contributed by atoms with Crippen LogP contribution in [0.3, 0.4) is 0 Å². The average molecular weight is 402 g/mol. The zero-order valence-electron chi connectivity index (χ0n) is 14.0. The molecule has 1 saturated heterocycles. The number of aliphatic hydroxyl groups excluding tert-OH is 3. The average Bonchev–Trinajstić information content (AvgIpc) is 2.49. The van der Waals surface area contributed by atoms with Gasteiger partial charge in [0.05, 0.1) is 6.61 Å². The SMILES string of the molecule is CC(=O)OCC(COC1OC(CS(=O)(=O)O)C(O)C(O)C1O)OC(C)=O. The monoisotopic (exact) mass is 402 g/mol. The molecule has 12 nitrogen and oxygen atoms in total. The zero-order valence-corrected chi connectivity index (χ0v) is 14.9. The van der Waals surface area contributed by atoms with Crippen LogP contribution in [0.25, 0.3) is 0 Å². The summed E-state index contributed by atoms with van der Waals surface area (Å²) in [5, 5.41) is 29.4. The Bertz CT molecular complexity index is 590. The molecule has 1 aliphatic heterocycles. The maximum Gasteiger partial charge on any atom is 0.303 e. The van der Waals surface area contributed by atoms with Crippen molar-refractivity contribution in [2.75, 3.05) is 19.0 Å². The van der Waals surface area contributed by atoms with E-state index >= 15 is 0 Å². The van der Waals surface area contributed by atoms with Gasteiger partial charge in [0.25, 0.3) is 10.1 Å². The van der Waals surface area contributed by atoms with Gasteiger partial charge in [-0.2, -0.15) is 8.42 Å². The van der Waals surface area contributed by atoms with Crippen LogP contribution in [0.2, 0.25) is 0 Å². The van der Waals surface area contributed by atoms with E-state index in [4.69, 9.17) is 23.5 Å². The van der Waals surface area contributed by atoms with Crippen molar-refractivity contribution in [2.24, 2.45) is 0 Å². The summed E-state index contributed by atoms with van der Waals surface area (Å²) in [6, 6.07) is 0. The number of carbonyl (C=O) groups is 2. The van der Waals surface area contributed by atoms with E-state index in [0.717, 1.165) is 13.8 Å². The summed E-state index contributed by atoms with van der Waals surface area (Å²) in [7, 11) is -4.55. The Morgan fingerprint density at radius 3 is 2.15 bits per heavy atom. The quantitative estimate of drug-likeness (QED) is 0.241. The summed E-state index contributed by atoms with van der Waals surface area (Å²) in [4.78, 5) is 21.9. The summed E-state index contributed by atoms with van der Waals surface area (Å²) < 4.78 is 50.5.